The van der Waals surface area contributed by atoms with E-state index in [1.807, 2.05) is 23.6 Å². The van der Waals surface area contributed by atoms with Crippen LogP contribution in [0.3, 0.4) is 0 Å². The van der Waals surface area contributed by atoms with Crippen LogP contribution in [-0.4, -0.2) is 64.6 Å². The molecule has 2 heterocycles. The highest BCUT2D eigenvalue weighted by atomic mass is 32.2. The van der Waals surface area contributed by atoms with E-state index in [0.29, 0.717) is 24.8 Å². The Balaban J connectivity index is 1.78. The molecule has 6 heteroatoms. The Labute approximate surface area is 149 Å². The van der Waals surface area contributed by atoms with Gasteiger partial charge in [-0.25, -0.2) is 4.79 Å². The van der Waals surface area contributed by atoms with Gasteiger partial charge >= 0.3 is 5.97 Å². The maximum absolute atomic E-state index is 13.1. The average Bonchev–Trinajstić information content (AvgIpc) is 3.19. The first kappa shape index (κ1) is 18.1. The monoisotopic (exact) mass is 354 g/mol. The Bertz CT molecular complexity index is 471. The molecule has 3 aliphatic rings. The predicted octanol–water partition coefficient (Wildman–Crippen LogP) is 2.50. The van der Waals surface area contributed by atoms with Gasteiger partial charge in [0.15, 0.2) is 0 Å². The van der Waals surface area contributed by atoms with Gasteiger partial charge in [-0.2, -0.15) is 0 Å². The second kappa shape index (κ2) is 7.65. The van der Waals surface area contributed by atoms with Crippen LogP contribution in [-0.2, 0) is 14.3 Å². The molecule has 0 N–H and O–H groups in total. The topological polar surface area (TPSA) is 49.9 Å². The molecule has 0 aromatic carbocycles. The lowest BCUT2D eigenvalue weighted by molar-refractivity contribution is -0.156. The standard InChI is InChI=1S/C18H30N2O3S/c1-3-23-17(22)15-13-24-18(8-6-14(2)7-9-18)20(15)16(21)12-19-10-4-5-11-19/h14-15H,3-13H2,1-2H3/t14?,15-,18?/m0/s1. The zero-order valence-electron chi connectivity index (χ0n) is 15.0. The molecule has 24 heavy (non-hydrogen) atoms. The fourth-order valence-electron chi connectivity index (χ4n) is 4.28. The summed E-state index contributed by atoms with van der Waals surface area (Å²) < 4.78 is 5.27. The van der Waals surface area contributed by atoms with Gasteiger partial charge in [0.2, 0.25) is 5.91 Å². The van der Waals surface area contributed by atoms with Gasteiger partial charge in [0.05, 0.1) is 18.0 Å². The molecule has 2 saturated heterocycles. The Morgan fingerprint density at radius 3 is 2.50 bits per heavy atom. The Morgan fingerprint density at radius 2 is 1.88 bits per heavy atom. The van der Waals surface area contributed by atoms with Crippen molar-refractivity contribution in [2.45, 2.75) is 63.3 Å². The van der Waals surface area contributed by atoms with Crippen LogP contribution in [0, 0.1) is 5.92 Å². The summed E-state index contributed by atoms with van der Waals surface area (Å²) in [7, 11) is 0. The highest BCUT2D eigenvalue weighted by Crippen LogP contribution is 2.50. The van der Waals surface area contributed by atoms with Crippen LogP contribution < -0.4 is 0 Å². The van der Waals surface area contributed by atoms with Crippen molar-refractivity contribution >= 4 is 23.6 Å². The zero-order valence-corrected chi connectivity index (χ0v) is 15.8. The summed E-state index contributed by atoms with van der Waals surface area (Å²) in [5.41, 5.74) is 0. The highest BCUT2D eigenvalue weighted by Gasteiger charge is 2.53. The van der Waals surface area contributed by atoms with E-state index in [1.165, 1.54) is 12.8 Å². The lowest BCUT2D eigenvalue weighted by Gasteiger charge is -2.44. The third kappa shape index (κ3) is 3.59. The van der Waals surface area contributed by atoms with Crippen molar-refractivity contribution in [3.8, 4) is 0 Å². The second-order valence-electron chi connectivity index (χ2n) is 7.45. The van der Waals surface area contributed by atoms with Gasteiger partial charge in [0.25, 0.3) is 0 Å². The molecule has 0 aromatic rings. The number of ether oxygens (including phenoxy) is 1. The van der Waals surface area contributed by atoms with Crippen molar-refractivity contribution < 1.29 is 14.3 Å². The maximum atomic E-state index is 13.1. The number of hydrogen-bond acceptors (Lipinski definition) is 5. The van der Waals surface area contributed by atoms with Crippen LogP contribution in [0.25, 0.3) is 0 Å². The predicted molar refractivity (Wildman–Crippen MR) is 95.8 cm³/mol. The summed E-state index contributed by atoms with van der Waals surface area (Å²) in [6.45, 7) is 6.94. The van der Waals surface area contributed by atoms with Crippen molar-refractivity contribution in [1.82, 2.24) is 9.80 Å². The molecule has 1 aliphatic carbocycles. The lowest BCUT2D eigenvalue weighted by atomic mass is 9.85. The van der Waals surface area contributed by atoms with Crippen molar-refractivity contribution in [2.24, 2.45) is 5.92 Å². The Kier molecular flexibility index (Phi) is 5.75. The van der Waals surface area contributed by atoms with Gasteiger partial charge in [0.1, 0.15) is 6.04 Å². The molecule has 1 saturated carbocycles. The molecule has 2 aliphatic heterocycles. The molecule has 136 valence electrons. The molecule has 0 radical (unpaired) electrons. The van der Waals surface area contributed by atoms with Crippen LogP contribution in [0.15, 0.2) is 0 Å². The first-order valence-electron chi connectivity index (χ1n) is 9.41. The first-order chi connectivity index (χ1) is 11.6. The van der Waals surface area contributed by atoms with Crippen LogP contribution >= 0.6 is 11.8 Å². The molecule has 3 rings (SSSR count). The number of likely N-dealkylation sites (tertiary alicyclic amines) is 1. The number of carbonyl (C=O) groups is 2. The number of esters is 1. The van der Waals surface area contributed by atoms with Crippen molar-refractivity contribution in [3.05, 3.63) is 0 Å². The molecule has 0 aromatic heterocycles. The maximum Gasteiger partial charge on any atom is 0.329 e. The van der Waals surface area contributed by atoms with Crippen LogP contribution in [0.4, 0.5) is 0 Å². The highest BCUT2D eigenvalue weighted by molar-refractivity contribution is 8.01. The van der Waals surface area contributed by atoms with Crippen LogP contribution in [0.1, 0.15) is 52.4 Å². The zero-order chi connectivity index (χ0) is 17.2. The van der Waals surface area contributed by atoms with Crippen LogP contribution in [0.2, 0.25) is 0 Å². The summed E-state index contributed by atoms with van der Waals surface area (Å²) in [6.07, 6.45) is 6.62. The molecular weight excluding hydrogens is 324 g/mol. The number of thioether (sulfide) groups is 1. The van der Waals surface area contributed by atoms with Gasteiger partial charge in [0, 0.05) is 5.75 Å². The third-order valence-corrected chi connectivity index (χ3v) is 7.33. The molecule has 0 unspecified atom stereocenters. The van der Waals surface area contributed by atoms with Gasteiger partial charge in [-0.3, -0.25) is 9.69 Å². The van der Waals surface area contributed by atoms with Crippen molar-refractivity contribution in [3.63, 3.8) is 0 Å². The smallest absolute Gasteiger partial charge is 0.329 e. The molecule has 1 atom stereocenters. The summed E-state index contributed by atoms with van der Waals surface area (Å²) in [5, 5.41) is 0. The quantitative estimate of drug-likeness (QED) is 0.726. The summed E-state index contributed by atoms with van der Waals surface area (Å²) in [5.74, 6) is 1.29. The van der Waals surface area contributed by atoms with Crippen molar-refractivity contribution in [2.75, 3.05) is 32.0 Å². The number of carbonyl (C=O) groups excluding carboxylic acids is 2. The van der Waals surface area contributed by atoms with Crippen LogP contribution in [0.5, 0.6) is 0 Å². The fourth-order valence-corrected chi connectivity index (χ4v) is 5.93. The number of amides is 1. The van der Waals surface area contributed by atoms with E-state index >= 15 is 0 Å². The third-order valence-electron chi connectivity index (χ3n) is 5.70. The van der Waals surface area contributed by atoms with E-state index in [0.717, 1.165) is 38.8 Å². The number of hydrogen-bond donors (Lipinski definition) is 0. The van der Waals surface area contributed by atoms with Gasteiger partial charge in [-0.15, -0.1) is 11.8 Å². The fraction of sp³-hybridized carbons (Fsp3) is 0.889. The molecule has 1 spiro atoms. The SMILES string of the molecule is CCOC(=O)[C@@H]1CSC2(CCC(C)CC2)N1C(=O)CN1CCCC1. The number of rotatable bonds is 4. The molecule has 1 amide bonds. The molecule has 5 nitrogen and oxygen atoms in total. The van der Waals surface area contributed by atoms with Gasteiger partial charge in [-0.05, 0) is 64.5 Å². The largest absolute Gasteiger partial charge is 0.464 e. The minimum Gasteiger partial charge on any atom is -0.464 e. The minimum absolute atomic E-state index is 0.120. The molecule has 0 bridgehead atoms. The lowest BCUT2D eigenvalue weighted by Crippen LogP contribution is -2.56. The van der Waals surface area contributed by atoms with E-state index in [4.69, 9.17) is 4.74 Å². The van der Waals surface area contributed by atoms with E-state index in [9.17, 15) is 9.59 Å². The van der Waals surface area contributed by atoms with Crippen molar-refractivity contribution in [1.29, 1.82) is 0 Å². The minimum atomic E-state index is -0.404. The average molecular weight is 355 g/mol. The molecular formula is C18H30N2O3S. The van der Waals surface area contributed by atoms with E-state index in [2.05, 4.69) is 11.8 Å². The Morgan fingerprint density at radius 1 is 1.21 bits per heavy atom. The second-order valence-corrected chi connectivity index (χ2v) is 8.84. The van der Waals surface area contributed by atoms with E-state index in [-0.39, 0.29) is 16.7 Å². The Hall–Kier alpha value is -0.750. The molecule has 3 fully saturated rings. The van der Waals surface area contributed by atoms with E-state index < -0.39 is 6.04 Å². The van der Waals surface area contributed by atoms with Gasteiger partial charge in [-0.1, -0.05) is 6.92 Å². The normalized spacial score (nSPS) is 34.0. The van der Waals surface area contributed by atoms with E-state index in [1.54, 1.807) is 0 Å². The summed E-state index contributed by atoms with van der Waals surface area (Å²) in [6, 6.07) is -0.404. The number of nitrogens with zero attached hydrogens (tertiary/aromatic N) is 2. The summed E-state index contributed by atoms with van der Waals surface area (Å²) in [4.78, 5) is 29.6. The summed E-state index contributed by atoms with van der Waals surface area (Å²) >= 11 is 1.81. The van der Waals surface area contributed by atoms with Gasteiger partial charge < -0.3 is 9.64 Å². The first-order valence-corrected chi connectivity index (χ1v) is 10.4.